The van der Waals surface area contributed by atoms with Crippen molar-refractivity contribution in [2.75, 3.05) is 17.7 Å². The second kappa shape index (κ2) is 6.79. The van der Waals surface area contributed by atoms with E-state index >= 15 is 0 Å². The highest BCUT2D eigenvalue weighted by molar-refractivity contribution is 5.96. The van der Waals surface area contributed by atoms with Gasteiger partial charge < -0.3 is 15.4 Å². The molecule has 0 saturated carbocycles. The largest absolute Gasteiger partial charge is 0.497 e. The Morgan fingerprint density at radius 1 is 1.10 bits per heavy atom. The molecule has 0 aliphatic carbocycles. The zero-order valence-electron chi connectivity index (χ0n) is 12.5. The lowest BCUT2D eigenvalue weighted by Gasteiger charge is -2.15. The summed E-state index contributed by atoms with van der Waals surface area (Å²) in [5.74, 6) is 0.681. The molecule has 21 heavy (non-hydrogen) atoms. The van der Waals surface area contributed by atoms with Gasteiger partial charge in [0.1, 0.15) is 11.8 Å². The van der Waals surface area contributed by atoms with Gasteiger partial charge in [0, 0.05) is 11.4 Å². The Hall–Kier alpha value is -2.49. The molecular weight excluding hydrogens is 264 g/mol. The van der Waals surface area contributed by atoms with Crippen molar-refractivity contribution in [2.45, 2.75) is 19.9 Å². The van der Waals surface area contributed by atoms with E-state index in [4.69, 9.17) is 4.74 Å². The van der Waals surface area contributed by atoms with E-state index in [1.54, 1.807) is 7.11 Å². The van der Waals surface area contributed by atoms with E-state index in [-0.39, 0.29) is 11.9 Å². The van der Waals surface area contributed by atoms with E-state index in [2.05, 4.69) is 10.6 Å². The van der Waals surface area contributed by atoms with Crippen LogP contribution in [0, 0.1) is 6.92 Å². The molecule has 0 radical (unpaired) electrons. The summed E-state index contributed by atoms with van der Waals surface area (Å²) in [5.41, 5.74) is 2.84. The molecule has 0 fully saturated rings. The van der Waals surface area contributed by atoms with Crippen LogP contribution in [-0.2, 0) is 4.79 Å². The molecule has 2 N–H and O–H groups in total. The van der Waals surface area contributed by atoms with Crippen molar-refractivity contribution in [3.05, 3.63) is 54.1 Å². The number of benzene rings is 2. The minimum Gasteiger partial charge on any atom is -0.497 e. The normalized spacial score (nSPS) is 11.6. The highest BCUT2D eigenvalue weighted by Crippen LogP contribution is 2.16. The molecule has 0 heterocycles. The van der Waals surface area contributed by atoms with E-state index in [0.29, 0.717) is 0 Å². The average molecular weight is 284 g/mol. The highest BCUT2D eigenvalue weighted by Gasteiger charge is 2.12. The maximum Gasteiger partial charge on any atom is 0.246 e. The molecule has 1 unspecified atom stereocenters. The smallest absolute Gasteiger partial charge is 0.246 e. The van der Waals surface area contributed by atoms with Crippen molar-refractivity contribution in [1.29, 1.82) is 0 Å². The number of anilines is 2. The number of ether oxygens (including phenoxy) is 1. The third kappa shape index (κ3) is 4.24. The minimum atomic E-state index is -0.325. The van der Waals surface area contributed by atoms with Gasteiger partial charge in [0.05, 0.1) is 7.11 Å². The molecule has 4 heteroatoms. The van der Waals surface area contributed by atoms with E-state index < -0.39 is 0 Å². The molecule has 2 aromatic rings. The molecule has 0 saturated heterocycles. The van der Waals surface area contributed by atoms with Gasteiger partial charge in [0.2, 0.25) is 5.91 Å². The summed E-state index contributed by atoms with van der Waals surface area (Å²) >= 11 is 0. The number of carbonyl (C=O) groups is 1. The Morgan fingerprint density at radius 3 is 2.43 bits per heavy atom. The number of hydrogen-bond donors (Lipinski definition) is 2. The van der Waals surface area contributed by atoms with Crippen LogP contribution in [0.3, 0.4) is 0 Å². The first-order chi connectivity index (χ1) is 10.1. The van der Waals surface area contributed by atoms with Gasteiger partial charge in [-0.3, -0.25) is 4.79 Å². The van der Waals surface area contributed by atoms with Gasteiger partial charge in [-0.05, 0) is 55.8 Å². The van der Waals surface area contributed by atoms with E-state index in [1.807, 2.05) is 62.4 Å². The Bertz CT molecular complexity index is 608. The molecule has 4 nitrogen and oxygen atoms in total. The lowest BCUT2D eigenvalue weighted by Crippen LogP contribution is -2.31. The first-order valence-electron chi connectivity index (χ1n) is 6.86. The van der Waals surface area contributed by atoms with Gasteiger partial charge >= 0.3 is 0 Å². The molecule has 110 valence electrons. The standard InChI is InChI=1S/C17H20N2O2/c1-12-5-4-6-15(11-12)18-13(2)17(20)19-14-7-9-16(21-3)10-8-14/h4-11,13,18H,1-3H3,(H,19,20). The molecular formula is C17H20N2O2. The number of carbonyl (C=O) groups excluding carboxylic acids is 1. The zero-order valence-corrected chi connectivity index (χ0v) is 12.5. The fraction of sp³-hybridized carbons (Fsp3) is 0.235. The van der Waals surface area contributed by atoms with Gasteiger partial charge in [-0.2, -0.15) is 0 Å². The molecule has 1 atom stereocenters. The van der Waals surface area contributed by atoms with Crippen molar-refractivity contribution in [3.63, 3.8) is 0 Å². The molecule has 0 aliphatic rings. The fourth-order valence-corrected chi connectivity index (χ4v) is 1.98. The summed E-state index contributed by atoms with van der Waals surface area (Å²) < 4.78 is 5.09. The van der Waals surface area contributed by atoms with Crippen molar-refractivity contribution in [2.24, 2.45) is 0 Å². The SMILES string of the molecule is COc1ccc(NC(=O)C(C)Nc2cccc(C)c2)cc1. The van der Waals surface area contributed by atoms with Crippen molar-refractivity contribution >= 4 is 17.3 Å². The number of amides is 1. The number of nitrogens with one attached hydrogen (secondary N) is 2. The monoisotopic (exact) mass is 284 g/mol. The van der Waals surface area contributed by atoms with Crippen LogP contribution in [0.25, 0.3) is 0 Å². The Morgan fingerprint density at radius 2 is 1.81 bits per heavy atom. The first-order valence-corrected chi connectivity index (χ1v) is 6.86. The molecule has 0 aliphatic heterocycles. The van der Waals surface area contributed by atoms with Gasteiger partial charge in [0.25, 0.3) is 0 Å². The number of methoxy groups -OCH3 is 1. The van der Waals surface area contributed by atoms with Crippen LogP contribution in [0.4, 0.5) is 11.4 Å². The van der Waals surface area contributed by atoms with Gasteiger partial charge in [0.15, 0.2) is 0 Å². The van der Waals surface area contributed by atoms with Crippen LogP contribution < -0.4 is 15.4 Å². The second-order valence-electron chi connectivity index (χ2n) is 4.95. The second-order valence-corrected chi connectivity index (χ2v) is 4.95. The third-order valence-electron chi connectivity index (χ3n) is 3.15. The number of hydrogen-bond acceptors (Lipinski definition) is 3. The Labute approximate surface area is 125 Å². The number of rotatable bonds is 5. The Balaban J connectivity index is 1.95. The van der Waals surface area contributed by atoms with Crippen LogP contribution in [-0.4, -0.2) is 19.1 Å². The molecule has 1 amide bonds. The van der Waals surface area contributed by atoms with E-state index in [9.17, 15) is 4.79 Å². The van der Waals surface area contributed by atoms with Crippen LogP contribution in [0.5, 0.6) is 5.75 Å². The van der Waals surface area contributed by atoms with Gasteiger partial charge in [-0.15, -0.1) is 0 Å². The van der Waals surface area contributed by atoms with Crippen molar-refractivity contribution in [3.8, 4) is 5.75 Å². The summed E-state index contributed by atoms with van der Waals surface area (Å²) in [6.45, 7) is 3.86. The molecule has 0 aromatic heterocycles. The average Bonchev–Trinajstić information content (AvgIpc) is 2.48. The maximum absolute atomic E-state index is 12.2. The zero-order chi connectivity index (χ0) is 15.2. The van der Waals surface area contributed by atoms with Crippen molar-refractivity contribution in [1.82, 2.24) is 0 Å². The summed E-state index contributed by atoms with van der Waals surface area (Å²) in [4.78, 5) is 12.2. The van der Waals surface area contributed by atoms with Crippen LogP contribution in [0.15, 0.2) is 48.5 Å². The predicted molar refractivity (Wildman–Crippen MR) is 85.9 cm³/mol. The van der Waals surface area contributed by atoms with Crippen molar-refractivity contribution < 1.29 is 9.53 Å². The summed E-state index contributed by atoms with van der Waals surface area (Å²) in [5, 5.41) is 6.06. The molecule has 0 bridgehead atoms. The molecule has 0 spiro atoms. The minimum absolute atomic E-state index is 0.0818. The van der Waals surface area contributed by atoms with E-state index in [1.165, 1.54) is 0 Å². The van der Waals surface area contributed by atoms with Crippen LogP contribution in [0.1, 0.15) is 12.5 Å². The fourth-order valence-electron chi connectivity index (χ4n) is 1.98. The quantitative estimate of drug-likeness (QED) is 0.884. The van der Waals surface area contributed by atoms with Gasteiger partial charge in [-0.25, -0.2) is 0 Å². The first kappa shape index (κ1) is 14.9. The summed E-state index contributed by atoms with van der Waals surface area (Å²) in [6.07, 6.45) is 0. The van der Waals surface area contributed by atoms with E-state index in [0.717, 1.165) is 22.7 Å². The predicted octanol–water partition coefficient (Wildman–Crippen LogP) is 3.44. The molecule has 2 aromatic carbocycles. The highest BCUT2D eigenvalue weighted by atomic mass is 16.5. The maximum atomic E-state index is 12.2. The van der Waals surface area contributed by atoms with Crippen LogP contribution in [0.2, 0.25) is 0 Å². The lowest BCUT2D eigenvalue weighted by atomic mass is 10.2. The summed E-state index contributed by atoms with van der Waals surface area (Å²) in [7, 11) is 1.61. The third-order valence-corrected chi connectivity index (χ3v) is 3.15. The van der Waals surface area contributed by atoms with Gasteiger partial charge in [-0.1, -0.05) is 12.1 Å². The number of aryl methyl sites for hydroxylation is 1. The lowest BCUT2D eigenvalue weighted by molar-refractivity contribution is -0.116. The topological polar surface area (TPSA) is 50.4 Å². The molecule has 2 rings (SSSR count). The summed E-state index contributed by atoms with van der Waals surface area (Å²) in [6, 6.07) is 14.9. The van der Waals surface area contributed by atoms with Crippen LogP contribution >= 0.6 is 0 Å². The Kier molecular flexibility index (Phi) is 4.82.